The second-order valence-electron chi connectivity index (χ2n) is 16.9. The minimum Gasteiger partial charge on any atom is -0.465 e. The number of urea groups is 1. The molecule has 3 N–H and O–H groups in total. The molecule has 0 spiro atoms. The molecule has 2 aromatic rings. The van der Waals surface area contributed by atoms with Crippen LogP contribution < -0.4 is 11.1 Å². The quantitative estimate of drug-likeness (QED) is 0.169. The van der Waals surface area contributed by atoms with Crippen LogP contribution >= 0.6 is 11.6 Å². The predicted molar refractivity (Wildman–Crippen MR) is 226 cm³/mol. The van der Waals surface area contributed by atoms with Crippen molar-refractivity contribution in [2.75, 3.05) is 103 Å². The second kappa shape index (κ2) is 20.4. The van der Waals surface area contributed by atoms with E-state index in [2.05, 4.69) is 15.1 Å². The number of piperidine rings is 3. The number of carbonyl (C=O) groups excluding carboxylic acids is 4. The summed E-state index contributed by atoms with van der Waals surface area (Å²) >= 11 is 6.46. The molecular weight excluding hydrogens is 774 g/mol. The average molecular weight is 836 g/mol. The molecule has 322 valence electrons. The summed E-state index contributed by atoms with van der Waals surface area (Å²) in [5, 5.41) is 3.46. The zero-order valence-electron chi connectivity index (χ0n) is 34.6. The fourth-order valence-electron chi connectivity index (χ4n) is 9.54. The highest BCUT2D eigenvalue weighted by Gasteiger charge is 2.37. The third kappa shape index (κ3) is 11.4. The Balaban J connectivity index is 0.880. The highest BCUT2D eigenvalue weighted by molar-refractivity contribution is 6.33. The summed E-state index contributed by atoms with van der Waals surface area (Å²) in [5.74, 6) is 0.688. The number of nitrogens with two attached hydrogens (primary N) is 1. The van der Waals surface area contributed by atoms with Gasteiger partial charge in [-0.3, -0.25) is 19.4 Å². The molecule has 0 aliphatic carbocycles. The van der Waals surface area contributed by atoms with Crippen LogP contribution in [0.1, 0.15) is 61.6 Å². The van der Waals surface area contributed by atoms with Gasteiger partial charge < -0.3 is 40.0 Å². The van der Waals surface area contributed by atoms with Crippen LogP contribution in [0.4, 0.5) is 21.0 Å². The van der Waals surface area contributed by atoms with E-state index in [1.54, 1.807) is 11.0 Å². The number of para-hydroxylation sites is 1. The first-order valence-corrected chi connectivity index (χ1v) is 22.1. The molecule has 0 bridgehead atoms. The number of anilines is 2. The monoisotopic (exact) mass is 835 g/mol. The third-order valence-corrected chi connectivity index (χ3v) is 13.4. The maximum absolute atomic E-state index is 14.2. The molecule has 0 unspecified atom stereocenters. The van der Waals surface area contributed by atoms with Gasteiger partial charge in [-0.2, -0.15) is 0 Å². The van der Waals surface area contributed by atoms with Crippen molar-refractivity contribution in [1.82, 2.24) is 24.5 Å². The number of amides is 4. The molecule has 4 fully saturated rings. The maximum Gasteiger partial charge on any atom is 0.410 e. The first kappa shape index (κ1) is 43.0. The summed E-state index contributed by atoms with van der Waals surface area (Å²) in [4.78, 5) is 63.7. The lowest BCUT2D eigenvalue weighted by Crippen LogP contribution is -2.52. The molecule has 1 atom stereocenters. The van der Waals surface area contributed by atoms with Crippen molar-refractivity contribution in [1.29, 1.82) is 0 Å². The number of likely N-dealkylation sites (tertiary alicyclic amines) is 3. The van der Waals surface area contributed by atoms with E-state index in [9.17, 15) is 19.2 Å². The Labute approximate surface area is 353 Å². The molecule has 0 aromatic heterocycles. The molecular formula is C44H62ClN7O7. The Kier molecular flexibility index (Phi) is 14.9. The fraction of sp³-hybridized carbons (Fsp3) is 0.636. The summed E-state index contributed by atoms with van der Waals surface area (Å²) in [7, 11) is 0. The number of benzene rings is 2. The van der Waals surface area contributed by atoms with Crippen molar-refractivity contribution in [3.63, 3.8) is 0 Å². The number of esters is 1. The molecule has 14 nitrogen and oxygen atoms in total. The number of fused-ring (bicyclic) bond motifs is 1. The number of nitrogen functional groups attached to an aromatic ring is 1. The van der Waals surface area contributed by atoms with Crippen LogP contribution in [0, 0.1) is 18.8 Å². The molecule has 2 aromatic carbocycles. The highest BCUT2D eigenvalue weighted by atomic mass is 35.5. The second-order valence-corrected chi connectivity index (χ2v) is 17.3. The van der Waals surface area contributed by atoms with E-state index in [4.69, 9.17) is 31.5 Å². The summed E-state index contributed by atoms with van der Waals surface area (Å²) in [6.07, 6.45) is 5.30. The molecule has 5 aliphatic rings. The van der Waals surface area contributed by atoms with Gasteiger partial charge in [0.2, 0.25) is 0 Å². The van der Waals surface area contributed by atoms with Gasteiger partial charge in [0, 0.05) is 70.5 Å². The van der Waals surface area contributed by atoms with E-state index in [0.717, 1.165) is 107 Å². The Morgan fingerprint density at radius 1 is 0.881 bits per heavy atom. The van der Waals surface area contributed by atoms with Crippen LogP contribution in [-0.2, 0) is 36.6 Å². The van der Waals surface area contributed by atoms with Crippen molar-refractivity contribution in [2.45, 2.75) is 76.9 Å². The zero-order valence-corrected chi connectivity index (χ0v) is 35.3. The van der Waals surface area contributed by atoms with Gasteiger partial charge in [0.25, 0.3) is 5.91 Å². The Hall–Kier alpha value is -4.11. The number of halogens is 1. The van der Waals surface area contributed by atoms with Crippen molar-refractivity contribution < 1.29 is 33.4 Å². The van der Waals surface area contributed by atoms with Crippen molar-refractivity contribution in [3.05, 3.63) is 58.1 Å². The summed E-state index contributed by atoms with van der Waals surface area (Å²) < 4.78 is 17.1. The number of morpholine rings is 1. The average Bonchev–Trinajstić information content (AvgIpc) is 3.42. The lowest BCUT2D eigenvalue weighted by atomic mass is 9.78. The van der Waals surface area contributed by atoms with Crippen LogP contribution in [0.15, 0.2) is 36.4 Å². The fourth-order valence-corrected chi connectivity index (χ4v) is 9.83. The van der Waals surface area contributed by atoms with E-state index in [1.807, 2.05) is 47.1 Å². The molecule has 4 saturated heterocycles. The van der Waals surface area contributed by atoms with Crippen molar-refractivity contribution in [2.24, 2.45) is 11.8 Å². The maximum atomic E-state index is 14.2. The van der Waals surface area contributed by atoms with Gasteiger partial charge in [0.1, 0.15) is 0 Å². The van der Waals surface area contributed by atoms with E-state index in [1.165, 1.54) is 0 Å². The third-order valence-electron chi connectivity index (χ3n) is 13.1. The minimum atomic E-state index is -1.02. The van der Waals surface area contributed by atoms with E-state index in [0.29, 0.717) is 81.3 Å². The SMILES string of the molecule is Cc1cc(C[C@@H](OC(=O)N2CCC(N3CCc4ccccc4NC3=O)CC2)C(=O)N2CCC(C3CCN(CC(=O)OCCCN4CCOCC4)CC3)CC2)cc(Cl)c1N. The largest absolute Gasteiger partial charge is 0.465 e. The number of carbonyl (C=O) groups is 4. The molecule has 7 rings (SSSR count). The number of rotatable bonds is 12. The van der Waals surface area contributed by atoms with Crippen LogP contribution in [0.5, 0.6) is 0 Å². The van der Waals surface area contributed by atoms with Crippen LogP contribution in [0.3, 0.4) is 0 Å². The molecule has 0 saturated carbocycles. The number of aryl methyl sites for hydroxylation is 1. The molecule has 5 heterocycles. The highest BCUT2D eigenvalue weighted by Crippen LogP contribution is 2.34. The summed E-state index contributed by atoms with van der Waals surface area (Å²) in [6.45, 7) is 11.4. The van der Waals surface area contributed by atoms with Gasteiger partial charge in [0.05, 0.1) is 37.1 Å². The van der Waals surface area contributed by atoms with Gasteiger partial charge >= 0.3 is 18.1 Å². The number of nitrogens with one attached hydrogen (secondary N) is 1. The Morgan fingerprint density at radius 2 is 1.56 bits per heavy atom. The van der Waals surface area contributed by atoms with Crippen LogP contribution in [0.25, 0.3) is 0 Å². The first-order chi connectivity index (χ1) is 28.6. The molecule has 5 aliphatic heterocycles. The van der Waals surface area contributed by atoms with E-state index in [-0.39, 0.29) is 30.4 Å². The van der Waals surface area contributed by atoms with Gasteiger partial charge in [-0.25, -0.2) is 9.59 Å². The molecule has 4 amide bonds. The molecule has 15 heteroatoms. The normalized spacial score (nSPS) is 21.1. The minimum absolute atomic E-state index is 0.00314. The van der Waals surface area contributed by atoms with E-state index < -0.39 is 12.2 Å². The lowest BCUT2D eigenvalue weighted by molar-refractivity contribution is -0.145. The number of ether oxygens (including phenoxy) is 3. The van der Waals surface area contributed by atoms with E-state index >= 15 is 0 Å². The Bertz CT molecular complexity index is 1750. The van der Waals surface area contributed by atoms with Gasteiger partial charge in [0.15, 0.2) is 6.10 Å². The zero-order chi connectivity index (χ0) is 41.3. The van der Waals surface area contributed by atoms with Gasteiger partial charge in [-0.15, -0.1) is 0 Å². The molecule has 59 heavy (non-hydrogen) atoms. The standard InChI is InChI=1S/C44H62ClN7O7/c1-31-27-32(28-37(45)41(31)46)29-39(59-44(56)51-19-12-36(13-20-51)52-21-11-35-5-2-3-6-38(35)47-43(52)55)42(54)50-17-9-34(10-18-50)33-7-15-49(16-8-33)30-40(53)58-24-4-14-48-22-25-57-26-23-48/h2-3,5-6,27-28,33-34,36,39H,4,7-26,29-30,46H2,1H3,(H,47,55)/t39-/m1/s1. The van der Waals surface area contributed by atoms with Crippen LogP contribution in [0.2, 0.25) is 5.02 Å². The number of hydrogen-bond donors (Lipinski definition) is 2. The Morgan fingerprint density at radius 3 is 2.27 bits per heavy atom. The molecule has 0 radical (unpaired) electrons. The van der Waals surface area contributed by atoms with Crippen molar-refractivity contribution in [3.8, 4) is 0 Å². The van der Waals surface area contributed by atoms with Crippen molar-refractivity contribution >= 4 is 47.0 Å². The lowest BCUT2D eigenvalue weighted by Gasteiger charge is -2.41. The van der Waals surface area contributed by atoms with Gasteiger partial charge in [-0.05, 0) is 112 Å². The predicted octanol–water partition coefficient (Wildman–Crippen LogP) is 5.05. The van der Waals surface area contributed by atoms with Gasteiger partial charge in [-0.1, -0.05) is 35.9 Å². The number of nitrogens with zero attached hydrogens (tertiary/aromatic N) is 5. The number of hydrogen-bond acceptors (Lipinski definition) is 10. The summed E-state index contributed by atoms with van der Waals surface area (Å²) in [6, 6.07) is 11.4. The first-order valence-electron chi connectivity index (χ1n) is 21.7. The van der Waals surface area contributed by atoms with Crippen LogP contribution in [-0.4, -0.2) is 152 Å². The smallest absolute Gasteiger partial charge is 0.410 e. The topological polar surface area (TPSA) is 150 Å². The summed E-state index contributed by atoms with van der Waals surface area (Å²) in [5.41, 5.74) is 10.2.